The number of carbonyl (C=O) groups is 1. The third-order valence-corrected chi connectivity index (χ3v) is 2.42. The molecule has 1 aromatic carbocycles. The Kier molecular flexibility index (Phi) is 2.85. The number of hydrogen-bond donors (Lipinski definition) is 2. The molecule has 0 saturated heterocycles. The molecular formula is C12H11N3O3. The van der Waals surface area contributed by atoms with Crippen molar-refractivity contribution >= 4 is 5.91 Å². The standard InChI is InChI=1S/C12H11N3O3/c1-7-2-4-8(5-3-7)15-10(17)6-9(16)11(14-15)12(13)18/h2-6,16H,1H3,(H2,13,18). The zero-order valence-corrected chi connectivity index (χ0v) is 9.62. The van der Waals surface area contributed by atoms with Crippen molar-refractivity contribution in [1.29, 1.82) is 0 Å². The van der Waals surface area contributed by atoms with Gasteiger partial charge in [-0.05, 0) is 19.1 Å². The van der Waals surface area contributed by atoms with E-state index in [1.807, 2.05) is 6.92 Å². The normalized spacial score (nSPS) is 10.3. The maximum Gasteiger partial charge on any atom is 0.275 e. The molecule has 0 radical (unpaired) electrons. The summed E-state index contributed by atoms with van der Waals surface area (Å²) in [6, 6.07) is 7.89. The highest BCUT2D eigenvalue weighted by Crippen LogP contribution is 2.12. The molecule has 3 N–H and O–H groups in total. The van der Waals surface area contributed by atoms with E-state index in [4.69, 9.17) is 5.73 Å². The van der Waals surface area contributed by atoms with Gasteiger partial charge in [-0.2, -0.15) is 9.78 Å². The molecule has 6 heteroatoms. The summed E-state index contributed by atoms with van der Waals surface area (Å²) in [5.74, 6) is -1.41. The van der Waals surface area contributed by atoms with E-state index in [0.717, 1.165) is 16.3 Å². The molecule has 0 saturated carbocycles. The summed E-state index contributed by atoms with van der Waals surface area (Å²) in [6.07, 6.45) is 0. The number of carbonyl (C=O) groups excluding carboxylic acids is 1. The predicted molar refractivity (Wildman–Crippen MR) is 64.8 cm³/mol. The molecule has 0 bridgehead atoms. The monoisotopic (exact) mass is 245 g/mol. The van der Waals surface area contributed by atoms with Gasteiger partial charge in [0.15, 0.2) is 11.4 Å². The third-order valence-electron chi connectivity index (χ3n) is 2.42. The van der Waals surface area contributed by atoms with Crippen molar-refractivity contribution in [2.24, 2.45) is 5.73 Å². The Morgan fingerprint density at radius 2 is 1.94 bits per heavy atom. The molecule has 92 valence electrons. The number of primary amides is 1. The summed E-state index contributed by atoms with van der Waals surface area (Å²) in [7, 11) is 0. The lowest BCUT2D eigenvalue weighted by Crippen LogP contribution is -2.25. The molecule has 0 aliphatic heterocycles. The van der Waals surface area contributed by atoms with E-state index in [9.17, 15) is 14.7 Å². The fourth-order valence-electron chi connectivity index (χ4n) is 1.49. The summed E-state index contributed by atoms with van der Waals surface area (Å²) in [6.45, 7) is 1.91. The highest BCUT2D eigenvalue weighted by atomic mass is 16.3. The highest BCUT2D eigenvalue weighted by Gasteiger charge is 2.13. The molecule has 0 spiro atoms. The van der Waals surface area contributed by atoms with E-state index in [2.05, 4.69) is 5.10 Å². The van der Waals surface area contributed by atoms with E-state index in [1.54, 1.807) is 24.3 Å². The Bertz CT molecular complexity index is 659. The number of nitrogens with two attached hydrogens (primary N) is 1. The lowest BCUT2D eigenvalue weighted by atomic mass is 10.2. The van der Waals surface area contributed by atoms with Gasteiger partial charge < -0.3 is 10.8 Å². The number of benzene rings is 1. The first kappa shape index (κ1) is 11.8. The number of hydrogen-bond acceptors (Lipinski definition) is 4. The molecular weight excluding hydrogens is 234 g/mol. The Balaban J connectivity index is 2.64. The van der Waals surface area contributed by atoms with Gasteiger partial charge in [0.2, 0.25) is 0 Å². The SMILES string of the molecule is Cc1ccc(-n2nc(C(N)=O)c(O)cc2=O)cc1. The second-order valence-corrected chi connectivity index (χ2v) is 3.83. The minimum Gasteiger partial charge on any atom is -0.505 e. The van der Waals surface area contributed by atoms with Crippen LogP contribution in [0, 0.1) is 6.92 Å². The van der Waals surface area contributed by atoms with Crippen LogP contribution in [0.5, 0.6) is 5.75 Å². The Labute approximate surface area is 102 Å². The first-order valence-electron chi connectivity index (χ1n) is 5.19. The minimum atomic E-state index is -0.895. The van der Waals surface area contributed by atoms with Crippen molar-refractivity contribution in [2.45, 2.75) is 6.92 Å². The lowest BCUT2D eigenvalue weighted by Gasteiger charge is -2.07. The van der Waals surface area contributed by atoms with Crippen LogP contribution in [0.2, 0.25) is 0 Å². The van der Waals surface area contributed by atoms with Gasteiger partial charge in [0.1, 0.15) is 0 Å². The van der Waals surface area contributed by atoms with Crippen molar-refractivity contribution < 1.29 is 9.90 Å². The van der Waals surface area contributed by atoms with Gasteiger partial charge in [-0.1, -0.05) is 17.7 Å². The van der Waals surface area contributed by atoms with E-state index in [0.29, 0.717) is 5.69 Å². The van der Waals surface area contributed by atoms with Crippen LogP contribution in [0.4, 0.5) is 0 Å². The molecule has 2 aromatic rings. The van der Waals surface area contributed by atoms with Gasteiger partial charge in [0.25, 0.3) is 11.5 Å². The molecule has 0 aliphatic carbocycles. The first-order valence-corrected chi connectivity index (χ1v) is 5.19. The lowest BCUT2D eigenvalue weighted by molar-refractivity contribution is 0.0991. The van der Waals surface area contributed by atoms with Gasteiger partial charge in [0.05, 0.1) is 5.69 Å². The first-order chi connectivity index (χ1) is 8.49. The van der Waals surface area contributed by atoms with Crippen LogP contribution in [0.3, 0.4) is 0 Å². The molecule has 0 fully saturated rings. The molecule has 6 nitrogen and oxygen atoms in total. The maximum absolute atomic E-state index is 11.7. The Morgan fingerprint density at radius 3 is 2.50 bits per heavy atom. The average Bonchev–Trinajstić information content (AvgIpc) is 2.30. The number of aromatic nitrogens is 2. The maximum atomic E-state index is 11.7. The van der Waals surface area contributed by atoms with Crippen molar-refractivity contribution in [1.82, 2.24) is 9.78 Å². The van der Waals surface area contributed by atoms with Crippen molar-refractivity contribution in [3.63, 3.8) is 0 Å². The highest BCUT2D eigenvalue weighted by molar-refractivity contribution is 5.93. The minimum absolute atomic E-state index is 0.338. The number of rotatable bonds is 2. The Hall–Kier alpha value is -2.63. The quantitative estimate of drug-likeness (QED) is 0.797. The van der Waals surface area contributed by atoms with Crippen LogP contribution in [-0.2, 0) is 0 Å². The van der Waals surface area contributed by atoms with Crippen LogP contribution in [0.1, 0.15) is 16.1 Å². The second kappa shape index (κ2) is 4.33. The van der Waals surface area contributed by atoms with E-state index >= 15 is 0 Å². The fourth-order valence-corrected chi connectivity index (χ4v) is 1.49. The van der Waals surface area contributed by atoms with Gasteiger partial charge in [-0.15, -0.1) is 0 Å². The predicted octanol–water partition coefficient (Wildman–Crippen LogP) is 0.345. The van der Waals surface area contributed by atoms with Crippen molar-refractivity contribution in [2.75, 3.05) is 0 Å². The van der Waals surface area contributed by atoms with E-state index in [1.165, 1.54) is 0 Å². The van der Waals surface area contributed by atoms with Crippen LogP contribution < -0.4 is 11.3 Å². The summed E-state index contributed by atoms with van der Waals surface area (Å²) in [5.41, 5.74) is 5.70. The van der Waals surface area contributed by atoms with Crippen LogP contribution in [0.15, 0.2) is 35.1 Å². The Morgan fingerprint density at radius 1 is 1.33 bits per heavy atom. The zero-order valence-electron chi connectivity index (χ0n) is 9.62. The van der Waals surface area contributed by atoms with Gasteiger partial charge in [0, 0.05) is 6.07 Å². The van der Waals surface area contributed by atoms with Crippen molar-refractivity contribution in [3.8, 4) is 11.4 Å². The third kappa shape index (κ3) is 2.08. The number of aryl methyl sites for hydroxylation is 1. The molecule has 0 aliphatic rings. The summed E-state index contributed by atoms with van der Waals surface area (Å²) < 4.78 is 1.01. The van der Waals surface area contributed by atoms with Gasteiger partial charge in [-0.3, -0.25) is 9.59 Å². The van der Waals surface area contributed by atoms with Crippen LogP contribution in [-0.4, -0.2) is 20.8 Å². The van der Waals surface area contributed by atoms with Gasteiger partial charge in [-0.25, -0.2) is 0 Å². The van der Waals surface area contributed by atoms with Gasteiger partial charge >= 0.3 is 0 Å². The van der Waals surface area contributed by atoms with E-state index < -0.39 is 17.2 Å². The largest absolute Gasteiger partial charge is 0.505 e. The molecule has 0 unspecified atom stereocenters. The molecule has 1 amide bonds. The number of nitrogens with zero attached hydrogens (tertiary/aromatic N) is 2. The molecule has 2 rings (SSSR count). The second-order valence-electron chi connectivity index (χ2n) is 3.83. The van der Waals surface area contributed by atoms with Crippen LogP contribution >= 0.6 is 0 Å². The summed E-state index contributed by atoms with van der Waals surface area (Å²) in [5, 5.41) is 13.2. The molecule has 18 heavy (non-hydrogen) atoms. The zero-order chi connectivity index (χ0) is 13.3. The fraction of sp³-hybridized carbons (Fsp3) is 0.0833. The molecule has 1 aromatic heterocycles. The van der Waals surface area contributed by atoms with E-state index in [-0.39, 0.29) is 5.69 Å². The van der Waals surface area contributed by atoms with Crippen LogP contribution in [0.25, 0.3) is 5.69 Å². The number of amides is 1. The molecule has 1 heterocycles. The summed E-state index contributed by atoms with van der Waals surface area (Å²) >= 11 is 0. The van der Waals surface area contributed by atoms with Crippen molar-refractivity contribution in [3.05, 3.63) is 51.9 Å². The number of aromatic hydroxyl groups is 1. The smallest absolute Gasteiger partial charge is 0.275 e. The molecule has 0 atom stereocenters. The average molecular weight is 245 g/mol. The summed E-state index contributed by atoms with van der Waals surface area (Å²) in [4.78, 5) is 22.7. The topological polar surface area (TPSA) is 98.2 Å².